The van der Waals surface area contributed by atoms with Gasteiger partial charge in [0.2, 0.25) is 5.91 Å². The van der Waals surface area contributed by atoms with Crippen LogP contribution in [0.15, 0.2) is 0 Å². The summed E-state index contributed by atoms with van der Waals surface area (Å²) in [6.45, 7) is 1.64. The highest BCUT2D eigenvalue weighted by molar-refractivity contribution is 5.85. The topological polar surface area (TPSA) is 57.6 Å². The molecule has 1 N–H and O–H groups in total. The fraction of sp³-hybridized carbons (Fsp3) is 0.800. The summed E-state index contributed by atoms with van der Waals surface area (Å²) in [6, 6.07) is 0. The van der Waals surface area contributed by atoms with Crippen LogP contribution < -0.4 is 0 Å². The zero-order valence-electron chi connectivity index (χ0n) is 8.11. The number of nitrogens with zero attached hydrogens (tertiary/aromatic N) is 1. The minimum absolute atomic E-state index is 0.0705. The molecule has 78 valence electrons. The number of likely N-dealkylation sites (tertiary alicyclic amines) is 1. The highest BCUT2D eigenvalue weighted by atomic mass is 16.4. The van der Waals surface area contributed by atoms with E-state index in [0.29, 0.717) is 6.42 Å². The second-order valence-electron chi connectivity index (χ2n) is 4.16. The van der Waals surface area contributed by atoms with E-state index >= 15 is 0 Å². The predicted molar refractivity (Wildman–Crippen MR) is 49.7 cm³/mol. The number of hydrogen-bond acceptors (Lipinski definition) is 2. The van der Waals surface area contributed by atoms with Crippen molar-refractivity contribution in [3.8, 4) is 0 Å². The average Bonchev–Trinajstić information content (AvgIpc) is 2.47. The molecule has 2 unspecified atom stereocenters. The van der Waals surface area contributed by atoms with E-state index in [1.165, 1.54) is 0 Å². The third-order valence-corrected chi connectivity index (χ3v) is 3.32. The molecule has 1 saturated carbocycles. The van der Waals surface area contributed by atoms with Crippen molar-refractivity contribution in [2.75, 3.05) is 13.1 Å². The molecule has 0 aromatic heterocycles. The summed E-state index contributed by atoms with van der Waals surface area (Å²) in [5.74, 6) is -1.40. The minimum atomic E-state index is -0.804. The van der Waals surface area contributed by atoms with Crippen LogP contribution in [-0.2, 0) is 9.59 Å². The molecule has 1 amide bonds. The van der Waals surface area contributed by atoms with E-state index < -0.39 is 11.9 Å². The fourth-order valence-electron chi connectivity index (χ4n) is 2.32. The molecule has 4 heteroatoms. The van der Waals surface area contributed by atoms with Gasteiger partial charge >= 0.3 is 5.97 Å². The van der Waals surface area contributed by atoms with E-state index in [0.717, 1.165) is 32.4 Å². The van der Waals surface area contributed by atoms with Crippen molar-refractivity contribution in [1.82, 2.24) is 4.90 Å². The fourth-order valence-corrected chi connectivity index (χ4v) is 2.32. The molecule has 2 rings (SSSR count). The molecule has 2 aliphatic rings. The number of carboxylic acid groups (broad SMARTS) is 1. The molecule has 14 heavy (non-hydrogen) atoms. The molecule has 0 aromatic carbocycles. The maximum Gasteiger partial charge on any atom is 0.307 e. The van der Waals surface area contributed by atoms with E-state index in [-0.39, 0.29) is 11.8 Å². The van der Waals surface area contributed by atoms with Gasteiger partial charge in [-0.1, -0.05) is 6.42 Å². The molecule has 1 saturated heterocycles. The highest BCUT2D eigenvalue weighted by Gasteiger charge is 2.40. The Morgan fingerprint density at radius 2 is 1.71 bits per heavy atom. The van der Waals surface area contributed by atoms with Gasteiger partial charge in [0.25, 0.3) is 0 Å². The second kappa shape index (κ2) is 3.59. The van der Waals surface area contributed by atoms with Crippen LogP contribution in [0.4, 0.5) is 0 Å². The zero-order valence-corrected chi connectivity index (χ0v) is 8.11. The maximum atomic E-state index is 11.8. The number of carbonyl (C=O) groups is 2. The normalized spacial score (nSPS) is 31.3. The molecular weight excluding hydrogens is 182 g/mol. The van der Waals surface area contributed by atoms with Crippen LogP contribution >= 0.6 is 0 Å². The van der Waals surface area contributed by atoms with E-state index in [1.807, 2.05) is 0 Å². The van der Waals surface area contributed by atoms with Crippen molar-refractivity contribution in [2.24, 2.45) is 11.8 Å². The molecule has 0 radical (unpaired) electrons. The van der Waals surface area contributed by atoms with Crippen LogP contribution in [0.2, 0.25) is 0 Å². The van der Waals surface area contributed by atoms with Crippen LogP contribution in [0.3, 0.4) is 0 Å². The average molecular weight is 197 g/mol. The number of carbonyl (C=O) groups excluding carboxylic acids is 1. The van der Waals surface area contributed by atoms with Gasteiger partial charge in [0.1, 0.15) is 0 Å². The predicted octanol–water partition coefficient (Wildman–Crippen LogP) is 0.720. The Morgan fingerprint density at radius 3 is 2.21 bits per heavy atom. The highest BCUT2D eigenvalue weighted by Crippen LogP contribution is 2.34. The summed E-state index contributed by atoms with van der Waals surface area (Å²) in [5, 5.41) is 8.93. The molecule has 0 bridgehead atoms. The van der Waals surface area contributed by atoms with Crippen molar-refractivity contribution in [3.63, 3.8) is 0 Å². The number of carboxylic acids is 1. The van der Waals surface area contributed by atoms with Gasteiger partial charge in [-0.3, -0.25) is 9.59 Å². The Kier molecular flexibility index (Phi) is 2.44. The van der Waals surface area contributed by atoms with Crippen molar-refractivity contribution in [3.05, 3.63) is 0 Å². The minimum Gasteiger partial charge on any atom is -0.481 e. The molecule has 1 aliphatic heterocycles. The third kappa shape index (κ3) is 1.49. The largest absolute Gasteiger partial charge is 0.481 e. The monoisotopic (exact) mass is 197 g/mol. The second-order valence-corrected chi connectivity index (χ2v) is 4.16. The Bertz CT molecular complexity index is 260. The van der Waals surface area contributed by atoms with Gasteiger partial charge in [-0.25, -0.2) is 0 Å². The Balaban J connectivity index is 2.01. The lowest BCUT2D eigenvalue weighted by Gasteiger charge is -2.34. The van der Waals surface area contributed by atoms with Gasteiger partial charge in [-0.15, -0.1) is 0 Å². The molecule has 1 aliphatic carbocycles. The van der Waals surface area contributed by atoms with Gasteiger partial charge in [0, 0.05) is 13.1 Å². The van der Waals surface area contributed by atoms with Gasteiger partial charge in [0.05, 0.1) is 11.8 Å². The number of aliphatic carboxylic acids is 1. The number of hydrogen-bond donors (Lipinski definition) is 1. The summed E-state index contributed by atoms with van der Waals surface area (Å²) in [6.07, 6.45) is 3.36. The molecular formula is C10H15NO3. The van der Waals surface area contributed by atoms with E-state index in [9.17, 15) is 9.59 Å². The molecule has 1 heterocycles. The van der Waals surface area contributed by atoms with E-state index in [2.05, 4.69) is 0 Å². The number of amides is 1. The summed E-state index contributed by atoms with van der Waals surface area (Å²) in [7, 11) is 0. The molecule has 0 spiro atoms. The van der Waals surface area contributed by atoms with Crippen LogP contribution in [-0.4, -0.2) is 35.0 Å². The Hall–Kier alpha value is -1.06. The first-order valence-corrected chi connectivity index (χ1v) is 5.22. The zero-order chi connectivity index (χ0) is 10.1. The van der Waals surface area contributed by atoms with Gasteiger partial charge < -0.3 is 10.0 Å². The standard InChI is InChI=1S/C10H15NO3/c12-9(11-5-2-6-11)7-3-1-4-8(7)10(13)14/h7-8H,1-6H2,(H,13,14). The van der Waals surface area contributed by atoms with Gasteiger partial charge in [-0.05, 0) is 19.3 Å². The van der Waals surface area contributed by atoms with Crippen LogP contribution in [0, 0.1) is 11.8 Å². The van der Waals surface area contributed by atoms with Crippen molar-refractivity contribution >= 4 is 11.9 Å². The first-order chi connectivity index (χ1) is 6.70. The lowest BCUT2D eigenvalue weighted by molar-refractivity contribution is -0.150. The summed E-state index contributed by atoms with van der Waals surface area (Å²) in [5.41, 5.74) is 0. The summed E-state index contributed by atoms with van der Waals surface area (Å²) < 4.78 is 0. The third-order valence-electron chi connectivity index (χ3n) is 3.32. The van der Waals surface area contributed by atoms with Crippen LogP contribution in [0.25, 0.3) is 0 Å². The van der Waals surface area contributed by atoms with Crippen LogP contribution in [0.5, 0.6) is 0 Å². The first kappa shape index (κ1) is 9.49. The van der Waals surface area contributed by atoms with Crippen molar-refractivity contribution < 1.29 is 14.7 Å². The van der Waals surface area contributed by atoms with E-state index in [4.69, 9.17) is 5.11 Å². The van der Waals surface area contributed by atoms with Crippen LogP contribution in [0.1, 0.15) is 25.7 Å². The van der Waals surface area contributed by atoms with Crippen molar-refractivity contribution in [1.29, 1.82) is 0 Å². The lowest BCUT2D eigenvalue weighted by Crippen LogP contribution is -2.46. The molecule has 4 nitrogen and oxygen atoms in total. The number of rotatable bonds is 2. The lowest BCUT2D eigenvalue weighted by atomic mass is 9.93. The smallest absolute Gasteiger partial charge is 0.307 e. The molecule has 0 aromatic rings. The van der Waals surface area contributed by atoms with Gasteiger partial charge in [0.15, 0.2) is 0 Å². The maximum absolute atomic E-state index is 11.8. The van der Waals surface area contributed by atoms with Crippen molar-refractivity contribution in [2.45, 2.75) is 25.7 Å². The Labute approximate surface area is 82.9 Å². The first-order valence-electron chi connectivity index (χ1n) is 5.22. The SMILES string of the molecule is O=C(O)C1CCCC1C(=O)N1CCC1. The Morgan fingerprint density at radius 1 is 1.07 bits per heavy atom. The van der Waals surface area contributed by atoms with Gasteiger partial charge in [-0.2, -0.15) is 0 Å². The quantitative estimate of drug-likeness (QED) is 0.709. The summed E-state index contributed by atoms with van der Waals surface area (Å²) in [4.78, 5) is 24.5. The molecule has 2 fully saturated rings. The summed E-state index contributed by atoms with van der Waals surface area (Å²) >= 11 is 0. The van der Waals surface area contributed by atoms with E-state index in [1.54, 1.807) is 4.90 Å². The molecule has 2 atom stereocenters.